The lowest BCUT2D eigenvalue weighted by Crippen LogP contribution is -2.26. The van der Waals surface area contributed by atoms with E-state index in [0.29, 0.717) is 16.9 Å². The summed E-state index contributed by atoms with van der Waals surface area (Å²) in [5.74, 6) is -0.319. The van der Waals surface area contributed by atoms with E-state index in [0.717, 1.165) is 15.4 Å². The molecule has 0 saturated heterocycles. The molecule has 0 aliphatic heterocycles. The van der Waals surface area contributed by atoms with Gasteiger partial charge in [0.05, 0.1) is 21.9 Å². The lowest BCUT2D eigenvalue weighted by molar-refractivity contribution is -0.115. The van der Waals surface area contributed by atoms with Crippen molar-refractivity contribution in [2.24, 2.45) is 0 Å². The van der Waals surface area contributed by atoms with E-state index in [1.165, 1.54) is 37.6 Å². The molecule has 0 aliphatic carbocycles. The summed E-state index contributed by atoms with van der Waals surface area (Å²) in [4.78, 5) is 12.9. The second-order valence-corrected chi connectivity index (χ2v) is 12.6. The van der Waals surface area contributed by atoms with Gasteiger partial charge in [0.2, 0.25) is 15.9 Å². The highest BCUT2D eigenvalue weighted by Crippen LogP contribution is 2.24. The van der Waals surface area contributed by atoms with Crippen molar-refractivity contribution in [2.75, 3.05) is 30.8 Å². The van der Waals surface area contributed by atoms with Crippen LogP contribution in [0.3, 0.4) is 0 Å². The van der Waals surface area contributed by atoms with Crippen molar-refractivity contribution in [1.29, 1.82) is 0 Å². The lowest BCUT2D eigenvalue weighted by atomic mass is 10.1. The molecule has 35 heavy (non-hydrogen) atoms. The van der Waals surface area contributed by atoms with Crippen LogP contribution in [0.1, 0.15) is 16.7 Å². The number of carbonyl (C=O) groups excluding carboxylic acids is 1. The predicted octanol–water partition coefficient (Wildman–Crippen LogP) is 3.56. The van der Waals surface area contributed by atoms with Gasteiger partial charge in [0.15, 0.2) is 0 Å². The molecule has 0 unspecified atom stereocenters. The summed E-state index contributed by atoms with van der Waals surface area (Å²) in [6.07, 6.45) is 0.0405. The number of sulfonamides is 2. The van der Waals surface area contributed by atoms with Crippen molar-refractivity contribution in [3.63, 3.8) is 0 Å². The van der Waals surface area contributed by atoms with Gasteiger partial charge >= 0.3 is 0 Å². The summed E-state index contributed by atoms with van der Waals surface area (Å²) in [6, 6.07) is 17.9. The molecule has 0 radical (unpaired) electrons. The maximum Gasteiger partial charge on any atom is 0.264 e. The van der Waals surface area contributed by atoms with Gasteiger partial charge in [-0.1, -0.05) is 35.9 Å². The van der Waals surface area contributed by atoms with Crippen LogP contribution in [0.4, 0.5) is 11.4 Å². The van der Waals surface area contributed by atoms with E-state index in [1.54, 1.807) is 61.5 Å². The Morgan fingerprint density at radius 3 is 1.91 bits per heavy atom. The van der Waals surface area contributed by atoms with Gasteiger partial charge in [0.25, 0.3) is 10.0 Å². The molecule has 186 valence electrons. The highest BCUT2D eigenvalue weighted by molar-refractivity contribution is 7.92. The summed E-state index contributed by atoms with van der Waals surface area (Å²) in [6.45, 7) is 3.67. The Kier molecular flexibility index (Phi) is 7.68. The number of hydrogen-bond donors (Lipinski definition) is 1. The third kappa shape index (κ3) is 5.90. The fourth-order valence-corrected chi connectivity index (χ4v) is 5.44. The van der Waals surface area contributed by atoms with E-state index < -0.39 is 20.0 Å². The molecule has 0 spiro atoms. The van der Waals surface area contributed by atoms with E-state index in [9.17, 15) is 21.6 Å². The minimum Gasteiger partial charge on any atom is -0.326 e. The molecule has 0 aliphatic rings. The van der Waals surface area contributed by atoms with Crippen LogP contribution in [0.15, 0.2) is 76.5 Å². The third-order valence-corrected chi connectivity index (χ3v) is 9.22. The van der Waals surface area contributed by atoms with E-state index in [-0.39, 0.29) is 22.1 Å². The van der Waals surface area contributed by atoms with Crippen molar-refractivity contribution < 1.29 is 21.6 Å². The van der Waals surface area contributed by atoms with Crippen molar-refractivity contribution in [1.82, 2.24) is 4.31 Å². The number of aryl methyl sites for hydroxylation is 2. The first-order chi connectivity index (χ1) is 16.3. The van der Waals surface area contributed by atoms with Gasteiger partial charge in [-0.15, -0.1) is 0 Å². The molecule has 0 atom stereocenters. The number of nitrogens with zero attached hydrogens (tertiary/aromatic N) is 2. The van der Waals surface area contributed by atoms with Crippen molar-refractivity contribution in [2.45, 2.75) is 30.1 Å². The number of nitrogens with one attached hydrogen (secondary N) is 1. The van der Waals surface area contributed by atoms with E-state index in [4.69, 9.17) is 0 Å². The van der Waals surface area contributed by atoms with Crippen molar-refractivity contribution >= 4 is 37.3 Å². The Morgan fingerprint density at radius 1 is 0.771 bits per heavy atom. The molecule has 1 N–H and O–H groups in total. The molecular weight excluding hydrogens is 486 g/mol. The standard InChI is InChI=1S/C25H29N3O5S2/c1-18-6-13-22(14-7-18)35(32,33)28(5)21-11-9-20(10-12-21)16-25(29)26-24-17-23(15-8-19(24)2)34(30,31)27(3)4/h6-15,17H,16H2,1-5H3,(H,26,29). The normalized spacial score (nSPS) is 11.9. The molecule has 3 aromatic carbocycles. The number of carbonyl (C=O) groups is 1. The Bertz CT molecular complexity index is 1430. The smallest absolute Gasteiger partial charge is 0.264 e. The number of hydrogen-bond acceptors (Lipinski definition) is 5. The number of benzene rings is 3. The molecule has 8 nitrogen and oxygen atoms in total. The molecule has 1 amide bonds. The molecule has 0 bridgehead atoms. The van der Waals surface area contributed by atoms with Crippen LogP contribution in [0.25, 0.3) is 0 Å². The van der Waals surface area contributed by atoms with Crippen LogP contribution in [-0.4, -0.2) is 48.2 Å². The highest BCUT2D eigenvalue weighted by atomic mass is 32.2. The van der Waals surface area contributed by atoms with Crippen LogP contribution in [0, 0.1) is 13.8 Å². The minimum atomic E-state index is -3.71. The average molecular weight is 516 g/mol. The monoisotopic (exact) mass is 515 g/mol. The van der Waals surface area contributed by atoms with Crippen LogP contribution >= 0.6 is 0 Å². The van der Waals surface area contributed by atoms with Crippen LogP contribution in [0.5, 0.6) is 0 Å². The third-order valence-electron chi connectivity index (χ3n) is 5.61. The van der Waals surface area contributed by atoms with E-state index in [2.05, 4.69) is 5.32 Å². The minimum absolute atomic E-state index is 0.0405. The fraction of sp³-hybridized carbons (Fsp3) is 0.240. The van der Waals surface area contributed by atoms with Crippen molar-refractivity contribution in [3.8, 4) is 0 Å². The van der Waals surface area contributed by atoms with Gasteiger partial charge in [-0.2, -0.15) is 0 Å². The number of anilines is 2. The van der Waals surface area contributed by atoms with Gasteiger partial charge < -0.3 is 5.32 Å². The summed E-state index contributed by atoms with van der Waals surface area (Å²) in [7, 11) is -2.97. The van der Waals surface area contributed by atoms with Gasteiger partial charge in [-0.3, -0.25) is 9.10 Å². The van der Waals surface area contributed by atoms with Gasteiger partial charge in [0, 0.05) is 26.8 Å². The predicted molar refractivity (Wildman–Crippen MR) is 138 cm³/mol. The van der Waals surface area contributed by atoms with Crippen molar-refractivity contribution in [3.05, 3.63) is 83.4 Å². The lowest BCUT2D eigenvalue weighted by Gasteiger charge is -2.20. The SMILES string of the molecule is Cc1ccc(S(=O)(=O)N(C)c2ccc(CC(=O)Nc3cc(S(=O)(=O)N(C)C)ccc3C)cc2)cc1. The fourth-order valence-electron chi connectivity index (χ4n) is 3.32. The summed E-state index contributed by atoms with van der Waals surface area (Å²) in [5, 5.41) is 2.77. The molecule has 0 fully saturated rings. The maximum atomic E-state index is 12.9. The summed E-state index contributed by atoms with van der Waals surface area (Å²) in [5.41, 5.74) is 3.26. The Hall–Kier alpha value is -3.21. The average Bonchev–Trinajstić information content (AvgIpc) is 2.80. The first-order valence-electron chi connectivity index (χ1n) is 10.8. The first kappa shape index (κ1) is 26.4. The molecule has 0 heterocycles. The van der Waals surface area contributed by atoms with E-state index in [1.807, 2.05) is 6.92 Å². The van der Waals surface area contributed by atoms with Crippen LogP contribution < -0.4 is 9.62 Å². The largest absolute Gasteiger partial charge is 0.326 e. The van der Waals surface area contributed by atoms with Gasteiger partial charge in [-0.25, -0.2) is 21.1 Å². The summed E-state index contributed by atoms with van der Waals surface area (Å²) < 4.78 is 52.9. The Labute approximate surface area is 207 Å². The van der Waals surface area contributed by atoms with E-state index >= 15 is 0 Å². The molecule has 3 aromatic rings. The second-order valence-electron chi connectivity index (χ2n) is 8.44. The first-order valence-corrected chi connectivity index (χ1v) is 13.7. The van der Waals surface area contributed by atoms with Gasteiger partial charge in [0.1, 0.15) is 0 Å². The summed E-state index contributed by atoms with van der Waals surface area (Å²) >= 11 is 0. The molecule has 3 rings (SSSR count). The zero-order valence-electron chi connectivity index (χ0n) is 20.3. The van der Waals surface area contributed by atoms with Crippen LogP contribution in [0.2, 0.25) is 0 Å². The van der Waals surface area contributed by atoms with Gasteiger partial charge in [-0.05, 0) is 61.4 Å². The zero-order chi connectivity index (χ0) is 26.0. The molecule has 0 aromatic heterocycles. The second kappa shape index (κ2) is 10.2. The maximum absolute atomic E-state index is 12.9. The number of rotatable bonds is 8. The molecular formula is C25H29N3O5S2. The Morgan fingerprint density at radius 2 is 1.34 bits per heavy atom. The number of amides is 1. The Balaban J connectivity index is 1.72. The zero-order valence-corrected chi connectivity index (χ0v) is 21.9. The molecule has 0 saturated carbocycles. The quantitative estimate of drug-likeness (QED) is 0.494. The molecule has 10 heteroatoms. The van der Waals surface area contributed by atoms with Crippen LogP contribution in [-0.2, 0) is 31.3 Å². The highest BCUT2D eigenvalue weighted by Gasteiger charge is 2.21. The topological polar surface area (TPSA) is 104 Å².